The highest BCUT2D eigenvalue weighted by Gasteiger charge is 2.27. The van der Waals surface area contributed by atoms with Crippen LogP contribution in [0.2, 0.25) is 0 Å². The van der Waals surface area contributed by atoms with E-state index >= 15 is 0 Å². The summed E-state index contributed by atoms with van der Waals surface area (Å²) < 4.78 is 7.82. The second-order valence-electron chi connectivity index (χ2n) is 4.25. The van der Waals surface area contributed by atoms with Gasteiger partial charge in [-0.15, -0.1) is 0 Å². The Morgan fingerprint density at radius 3 is 3.19 bits per heavy atom. The minimum Gasteiger partial charge on any atom is -0.370 e. The van der Waals surface area contributed by atoms with Crippen LogP contribution >= 0.6 is 0 Å². The first kappa shape index (κ1) is 9.65. The molecule has 1 aromatic heterocycles. The lowest BCUT2D eigenvalue weighted by atomic mass is 10.2. The van der Waals surface area contributed by atoms with Gasteiger partial charge < -0.3 is 15.8 Å². The Morgan fingerprint density at radius 2 is 2.44 bits per heavy atom. The van der Waals surface area contributed by atoms with E-state index in [9.17, 15) is 0 Å². The van der Waals surface area contributed by atoms with E-state index in [2.05, 4.69) is 22.2 Å². The van der Waals surface area contributed by atoms with Crippen LogP contribution in [0.25, 0.3) is 0 Å². The molecule has 2 unspecified atom stereocenters. The van der Waals surface area contributed by atoms with E-state index in [1.807, 2.05) is 4.57 Å². The van der Waals surface area contributed by atoms with E-state index in [-0.39, 0.29) is 6.23 Å². The van der Waals surface area contributed by atoms with Gasteiger partial charge in [0.15, 0.2) is 5.96 Å². The van der Waals surface area contributed by atoms with Crippen LogP contribution in [0.4, 0.5) is 5.82 Å². The van der Waals surface area contributed by atoms with Gasteiger partial charge in [-0.05, 0) is 19.8 Å². The lowest BCUT2D eigenvalue weighted by Crippen LogP contribution is -2.28. The van der Waals surface area contributed by atoms with Crippen LogP contribution < -0.4 is 11.1 Å². The van der Waals surface area contributed by atoms with Crippen LogP contribution in [-0.2, 0) is 11.3 Å². The van der Waals surface area contributed by atoms with Crippen molar-refractivity contribution in [3.8, 4) is 0 Å². The van der Waals surface area contributed by atoms with Gasteiger partial charge in [0.05, 0.1) is 19.0 Å². The lowest BCUT2D eigenvalue weighted by molar-refractivity contribution is 0.0122. The second kappa shape index (κ2) is 3.48. The summed E-state index contributed by atoms with van der Waals surface area (Å²) in [5, 5.41) is 3.05. The molecule has 0 amide bonds. The third-order valence-electron chi connectivity index (χ3n) is 3.03. The Bertz CT molecular complexity index is 438. The topological polar surface area (TPSA) is 77.5 Å². The minimum absolute atomic E-state index is 0.0737. The average Bonchev–Trinajstić information content (AvgIpc) is 2.83. The van der Waals surface area contributed by atoms with E-state index in [1.54, 1.807) is 6.33 Å². The predicted molar refractivity (Wildman–Crippen MR) is 60.0 cm³/mol. The van der Waals surface area contributed by atoms with Crippen molar-refractivity contribution in [2.24, 2.45) is 10.7 Å². The molecule has 1 aromatic rings. The lowest BCUT2D eigenvalue weighted by Gasteiger charge is -2.19. The van der Waals surface area contributed by atoms with Gasteiger partial charge in [-0.2, -0.15) is 0 Å². The molecular weight excluding hydrogens is 206 g/mol. The van der Waals surface area contributed by atoms with Gasteiger partial charge in [-0.1, -0.05) is 0 Å². The summed E-state index contributed by atoms with van der Waals surface area (Å²) in [6.45, 7) is 2.63. The number of ether oxygens (including phenoxy) is 1. The summed E-state index contributed by atoms with van der Waals surface area (Å²) in [6, 6.07) is 0. The fourth-order valence-corrected chi connectivity index (χ4v) is 2.18. The molecule has 3 heterocycles. The highest BCUT2D eigenvalue weighted by molar-refractivity contribution is 5.93. The Morgan fingerprint density at radius 1 is 1.56 bits per heavy atom. The highest BCUT2D eigenvalue weighted by Crippen LogP contribution is 2.32. The molecule has 3 N–H and O–H groups in total. The molecule has 3 rings (SSSR count). The number of nitrogens with one attached hydrogen (secondary N) is 1. The van der Waals surface area contributed by atoms with Crippen LogP contribution in [0.5, 0.6) is 0 Å². The fourth-order valence-electron chi connectivity index (χ4n) is 2.18. The summed E-state index contributed by atoms with van der Waals surface area (Å²) in [7, 11) is 0. The van der Waals surface area contributed by atoms with Crippen LogP contribution in [0.15, 0.2) is 11.3 Å². The van der Waals surface area contributed by atoms with Crippen molar-refractivity contribution in [1.82, 2.24) is 9.55 Å². The molecular formula is C10H15N5O. The highest BCUT2D eigenvalue weighted by atomic mass is 16.5. The predicted octanol–water partition coefficient (Wildman–Crippen LogP) is 0.821. The number of hydrogen-bond donors (Lipinski definition) is 2. The molecule has 2 atom stereocenters. The maximum atomic E-state index is 5.81. The van der Waals surface area contributed by atoms with E-state index in [4.69, 9.17) is 10.5 Å². The van der Waals surface area contributed by atoms with E-state index in [0.717, 1.165) is 24.4 Å². The zero-order valence-electron chi connectivity index (χ0n) is 9.18. The van der Waals surface area contributed by atoms with Gasteiger partial charge in [0.25, 0.3) is 0 Å². The monoisotopic (exact) mass is 221 g/mol. The first-order valence-corrected chi connectivity index (χ1v) is 5.52. The largest absolute Gasteiger partial charge is 0.370 e. The molecule has 0 aliphatic carbocycles. The van der Waals surface area contributed by atoms with Crippen LogP contribution in [-0.4, -0.2) is 21.6 Å². The molecule has 1 saturated heterocycles. The molecule has 2 aliphatic heterocycles. The SMILES string of the molecule is CC1CCC(n2cnc3c2NC(N)=NC3)O1. The summed E-state index contributed by atoms with van der Waals surface area (Å²) in [6.07, 6.45) is 4.29. The van der Waals surface area contributed by atoms with Crippen molar-refractivity contribution >= 4 is 11.8 Å². The Hall–Kier alpha value is -1.56. The van der Waals surface area contributed by atoms with Gasteiger partial charge in [-0.3, -0.25) is 4.57 Å². The number of guanidine groups is 1. The molecule has 2 aliphatic rings. The molecule has 86 valence electrons. The quantitative estimate of drug-likeness (QED) is 0.736. The summed E-state index contributed by atoms with van der Waals surface area (Å²) in [4.78, 5) is 8.41. The number of imidazole rings is 1. The Balaban J connectivity index is 1.90. The molecule has 1 fully saturated rings. The van der Waals surface area contributed by atoms with Crippen LogP contribution in [0, 0.1) is 0 Å². The number of rotatable bonds is 1. The summed E-state index contributed by atoms with van der Waals surface area (Å²) >= 11 is 0. The maximum Gasteiger partial charge on any atom is 0.194 e. The van der Waals surface area contributed by atoms with Gasteiger partial charge in [0, 0.05) is 0 Å². The Kier molecular flexibility index (Phi) is 2.10. The third-order valence-corrected chi connectivity index (χ3v) is 3.03. The molecule has 0 spiro atoms. The number of fused-ring (bicyclic) bond motifs is 1. The van der Waals surface area contributed by atoms with Crippen LogP contribution in [0.1, 0.15) is 31.7 Å². The van der Waals surface area contributed by atoms with Crippen molar-refractivity contribution in [2.75, 3.05) is 5.32 Å². The van der Waals surface area contributed by atoms with Crippen molar-refractivity contribution in [1.29, 1.82) is 0 Å². The van der Waals surface area contributed by atoms with Gasteiger partial charge >= 0.3 is 0 Å². The molecule has 6 heteroatoms. The van der Waals surface area contributed by atoms with E-state index in [0.29, 0.717) is 18.6 Å². The molecule has 16 heavy (non-hydrogen) atoms. The molecule has 6 nitrogen and oxygen atoms in total. The fraction of sp³-hybridized carbons (Fsp3) is 0.600. The number of anilines is 1. The van der Waals surface area contributed by atoms with Crippen molar-refractivity contribution in [3.63, 3.8) is 0 Å². The molecule has 0 aromatic carbocycles. The standard InChI is InChI=1S/C10H15N5O/c1-6-2-3-8(16-6)15-5-13-7-4-12-10(11)14-9(7)15/h5-6,8H,2-4H2,1H3,(H3,11,12,14). The summed E-state index contributed by atoms with van der Waals surface area (Å²) in [5.74, 6) is 1.37. The smallest absolute Gasteiger partial charge is 0.194 e. The van der Waals surface area contributed by atoms with E-state index in [1.165, 1.54) is 0 Å². The van der Waals surface area contributed by atoms with Crippen molar-refractivity contribution in [2.45, 2.75) is 38.6 Å². The zero-order chi connectivity index (χ0) is 11.1. The van der Waals surface area contributed by atoms with Crippen LogP contribution in [0.3, 0.4) is 0 Å². The number of nitrogens with two attached hydrogens (primary N) is 1. The number of hydrogen-bond acceptors (Lipinski definition) is 5. The number of aliphatic imine (C=N–C) groups is 1. The first-order valence-electron chi connectivity index (χ1n) is 5.52. The zero-order valence-corrected chi connectivity index (χ0v) is 9.18. The van der Waals surface area contributed by atoms with E-state index < -0.39 is 0 Å². The molecule has 0 bridgehead atoms. The summed E-state index contributed by atoms with van der Waals surface area (Å²) in [5.41, 5.74) is 6.59. The minimum atomic E-state index is 0.0737. The first-order chi connectivity index (χ1) is 7.74. The van der Waals surface area contributed by atoms with Crippen molar-refractivity contribution in [3.05, 3.63) is 12.0 Å². The number of aromatic nitrogens is 2. The average molecular weight is 221 g/mol. The van der Waals surface area contributed by atoms with Gasteiger partial charge in [0.1, 0.15) is 17.7 Å². The maximum absolute atomic E-state index is 5.81. The normalized spacial score (nSPS) is 28.4. The second-order valence-corrected chi connectivity index (χ2v) is 4.25. The van der Waals surface area contributed by atoms with Gasteiger partial charge in [0.2, 0.25) is 0 Å². The van der Waals surface area contributed by atoms with Crippen molar-refractivity contribution < 1.29 is 4.74 Å². The molecule has 0 radical (unpaired) electrons. The van der Waals surface area contributed by atoms with Gasteiger partial charge in [-0.25, -0.2) is 9.98 Å². The third kappa shape index (κ3) is 1.46. The Labute approximate surface area is 93.5 Å². The molecule has 0 saturated carbocycles. The number of nitrogens with zero attached hydrogens (tertiary/aromatic N) is 3.